The smallest absolute Gasteiger partial charge is 0.358 e. The first-order valence-corrected chi connectivity index (χ1v) is 12.5. The summed E-state index contributed by atoms with van der Waals surface area (Å²) in [4.78, 5) is 23.0. The molecule has 2 bridgehead atoms. The fourth-order valence-electron chi connectivity index (χ4n) is 5.70. The number of fused-ring (bicyclic) bond motifs is 2. The lowest BCUT2D eigenvalue weighted by atomic mass is 9.98. The van der Waals surface area contributed by atoms with Crippen molar-refractivity contribution in [3.05, 3.63) is 59.2 Å². The van der Waals surface area contributed by atoms with Crippen molar-refractivity contribution in [2.24, 2.45) is 0 Å². The molecule has 2 aliphatic heterocycles. The van der Waals surface area contributed by atoms with Crippen LogP contribution >= 0.6 is 0 Å². The zero-order chi connectivity index (χ0) is 23.9. The van der Waals surface area contributed by atoms with Crippen LogP contribution in [0.25, 0.3) is 11.3 Å². The first kappa shape index (κ1) is 22.2. The molecule has 8 nitrogen and oxygen atoms in total. The van der Waals surface area contributed by atoms with Crippen LogP contribution in [0.3, 0.4) is 0 Å². The van der Waals surface area contributed by atoms with Crippen molar-refractivity contribution in [2.75, 3.05) is 12.0 Å². The van der Waals surface area contributed by atoms with E-state index < -0.39 is 5.97 Å². The van der Waals surface area contributed by atoms with Gasteiger partial charge in [-0.3, -0.25) is 4.98 Å². The van der Waals surface area contributed by atoms with Gasteiger partial charge in [-0.05, 0) is 51.0 Å². The number of ether oxygens (including phenoxy) is 2. The van der Waals surface area contributed by atoms with E-state index in [1.165, 1.54) is 18.9 Å². The summed E-state index contributed by atoms with van der Waals surface area (Å²) in [5, 5.41) is 4.48. The minimum Gasteiger partial charge on any atom is -0.464 e. The number of aromatic nitrogens is 3. The molecule has 3 atom stereocenters. The number of hydrogen-bond acceptors (Lipinski definition) is 8. The number of methoxy groups -OCH3 is 1. The molecule has 4 heterocycles. The largest absolute Gasteiger partial charge is 0.464 e. The van der Waals surface area contributed by atoms with Crippen molar-refractivity contribution in [3.8, 4) is 11.3 Å². The van der Waals surface area contributed by atoms with Gasteiger partial charge in [0.15, 0.2) is 5.69 Å². The predicted molar refractivity (Wildman–Crippen MR) is 129 cm³/mol. The van der Waals surface area contributed by atoms with Gasteiger partial charge in [0.25, 0.3) is 0 Å². The number of piperidine rings is 1. The van der Waals surface area contributed by atoms with Crippen LogP contribution in [0.15, 0.2) is 41.2 Å². The Bertz CT molecular complexity index is 1220. The minimum atomic E-state index is -0.463. The molecular formula is C27H30N4O4. The fourth-order valence-corrected chi connectivity index (χ4v) is 5.70. The molecule has 1 aromatic carbocycles. The number of nitrogens with zero attached hydrogens (tertiary/aromatic N) is 4. The van der Waals surface area contributed by atoms with Gasteiger partial charge in [-0.2, -0.15) is 0 Å². The van der Waals surface area contributed by atoms with Crippen molar-refractivity contribution in [1.82, 2.24) is 15.1 Å². The molecule has 0 spiro atoms. The van der Waals surface area contributed by atoms with Crippen molar-refractivity contribution in [1.29, 1.82) is 0 Å². The molecule has 2 unspecified atom stereocenters. The van der Waals surface area contributed by atoms with E-state index in [-0.39, 0.29) is 11.8 Å². The second-order valence-electron chi connectivity index (χ2n) is 9.91. The van der Waals surface area contributed by atoms with E-state index in [1.54, 1.807) is 6.20 Å². The van der Waals surface area contributed by atoms with Crippen LogP contribution in [-0.4, -0.2) is 46.4 Å². The van der Waals surface area contributed by atoms with Crippen LogP contribution in [0.4, 0.5) is 5.82 Å². The summed E-state index contributed by atoms with van der Waals surface area (Å²) in [7, 11) is 1.36. The molecule has 2 saturated heterocycles. The summed E-state index contributed by atoms with van der Waals surface area (Å²) < 4.78 is 17.2. The topological polar surface area (TPSA) is 90.6 Å². The lowest BCUT2D eigenvalue weighted by molar-refractivity contribution is 0.0145. The van der Waals surface area contributed by atoms with Crippen molar-refractivity contribution >= 4 is 11.8 Å². The molecule has 1 aliphatic carbocycles. The predicted octanol–water partition coefficient (Wildman–Crippen LogP) is 4.82. The van der Waals surface area contributed by atoms with Crippen LogP contribution in [0.2, 0.25) is 0 Å². The van der Waals surface area contributed by atoms with Crippen LogP contribution in [-0.2, 0) is 16.1 Å². The molecule has 8 heteroatoms. The zero-order valence-electron chi connectivity index (χ0n) is 20.1. The number of esters is 1. The molecule has 2 aromatic heterocycles. The summed E-state index contributed by atoms with van der Waals surface area (Å²) in [5.74, 6) is 1.75. The van der Waals surface area contributed by atoms with Gasteiger partial charge in [0.05, 0.1) is 32.2 Å². The monoisotopic (exact) mass is 474 g/mol. The number of hydrogen-bond donors (Lipinski definition) is 0. The molecule has 6 rings (SSSR count). The third-order valence-electron chi connectivity index (χ3n) is 7.60. The lowest BCUT2D eigenvalue weighted by Crippen LogP contribution is -2.46. The SMILES string of the molecule is COC(=O)c1cncc(N2C3CC[C@H]2CC(OCc2c(-c4ccccc4C)noc2C2CC2)C3)n1. The number of aryl methyl sites for hydroxylation is 1. The highest BCUT2D eigenvalue weighted by Gasteiger charge is 2.42. The fraction of sp³-hybridized carbons (Fsp3) is 0.481. The van der Waals surface area contributed by atoms with Crippen molar-refractivity contribution < 1.29 is 18.8 Å². The van der Waals surface area contributed by atoms with E-state index in [1.807, 2.05) is 12.1 Å². The van der Waals surface area contributed by atoms with E-state index in [0.29, 0.717) is 24.6 Å². The number of carbonyl (C=O) groups excluding carboxylic acids is 1. The van der Waals surface area contributed by atoms with Gasteiger partial charge in [-0.1, -0.05) is 29.4 Å². The number of anilines is 1. The highest BCUT2D eigenvalue weighted by Crippen LogP contribution is 2.45. The van der Waals surface area contributed by atoms with Gasteiger partial charge >= 0.3 is 5.97 Å². The van der Waals surface area contributed by atoms with Gasteiger partial charge in [-0.25, -0.2) is 9.78 Å². The molecular weight excluding hydrogens is 444 g/mol. The van der Waals surface area contributed by atoms with E-state index in [2.05, 4.69) is 39.1 Å². The van der Waals surface area contributed by atoms with Crippen molar-refractivity contribution in [2.45, 2.75) is 76.2 Å². The Morgan fingerprint density at radius 2 is 1.89 bits per heavy atom. The second-order valence-corrected chi connectivity index (χ2v) is 9.91. The summed E-state index contributed by atoms with van der Waals surface area (Å²) in [6.45, 7) is 2.62. The third-order valence-corrected chi connectivity index (χ3v) is 7.60. The van der Waals surface area contributed by atoms with Crippen LogP contribution < -0.4 is 4.90 Å². The molecule has 3 fully saturated rings. The normalized spacial score (nSPS) is 23.5. The standard InChI is InChI=1S/C27H30N4O4/c1-16-5-3-4-6-21(16)25-22(26(35-30-25)17-7-8-17)15-34-20-11-18-9-10-19(12-20)31(18)24-14-28-13-23(29-24)27(32)33-2/h3-6,13-14,17-20H,7-12,15H2,1-2H3/t18-,19?,20?/m0/s1. The summed E-state index contributed by atoms with van der Waals surface area (Å²) >= 11 is 0. The lowest BCUT2D eigenvalue weighted by Gasteiger charge is -2.39. The zero-order valence-corrected chi connectivity index (χ0v) is 20.1. The number of carbonyl (C=O) groups is 1. The third kappa shape index (κ3) is 4.20. The minimum absolute atomic E-state index is 0.159. The highest BCUT2D eigenvalue weighted by molar-refractivity contribution is 5.87. The summed E-state index contributed by atoms with van der Waals surface area (Å²) in [6, 6.07) is 8.95. The molecule has 3 aliphatic rings. The molecule has 0 amide bonds. The van der Waals surface area contributed by atoms with Gasteiger partial charge < -0.3 is 18.9 Å². The Labute approximate surface area is 204 Å². The Kier molecular flexibility index (Phi) is 5.76. The summed E-state index contributed by atoms with van der Waals surface area (Å²) in [5.41, 5.74) is 4.56. The van der Waals surface area contributed by atoms with Crippen LogP contribution in [0, 0.1) is 6.92 Å². The second kappa shape index (κ2) is 9.07. The first-order chi connectivity index (χ1) is 17.1. The maximum absolute atomic E-state index is 11.9. The number of benzene rings is 1. The first-order valence-electron chi connectivity index (χ1n) is 12.5. The van der Waals surface area contributed by atoms with E-state index >= 15 is 0 Å². The highest BCUT2D eigenvalue weighted by atomic mass is 16.5. The van der Waals surface area contributed by atoms with Gasteiger partial charge in [0.1, 0.15) is 17.3 Å². The maximum atomic E-state index is 11.9. The molecule has 0 radical (unpaired) electrons. The Morgan fingerprint density at radius 3 is 2.60 bits per heavy atom. The number of rotatable bonds is 7. The van der Waals surface area contributed by atoms with E-state index in [0.717, 1.165) is 66.9 Å². The summed E-state index contributed by atoms with van der Waals surface area (Å²) in [6.07, 6.45) is 9.68. The van der Waals surface area contributed by atoms with Gasteiger partial charge in [0, 0.05) is 29.1 Å². The molecule has 3 aromatic rings. The quantitative estimate of drug-likeness (QED) is 0.450. The average Bonchev–Trinajstić information content (AvgIpc) is 3.59. The van der Waals surface area contributed by atoms with Crippen LogP contribution in [0.1, 0.15) is 71.8 Å². The van der Waals surface area contributed by atoms with Crippen molar-refractivity contribution in [3.63, 3.8) is 0 Å². The van der Waals surface area contributed by atoms with Crippen LogP contribution in [0.5, 0.6) is 0 Å². The van der Waals surface area contributed by atoms with E-state index in [4.69, 9.17) is 14.0 Å². The average molecular weight is 475 g/mol. The molecule has 35 heavy (non-hydrogen) atoms. The Hall–Kier alpha value is -3.26. The molecule has 182 valence electrons. The Morgan fingerprint density at radius 1 is 1.11 bits per heavy atom. The molecule has 0 N–H and O–H groups in total. The maximum Gasteiger partial charge on any atom is 0.358 e. The van der Waals surface area contributed by atoms with E-state index in [9.17, 15) is 4.79 Å². The van der Waals surface area contributed by atoms with Gasteiger partial charge in [0.2, 0.25) is 0 Å². The Balaban J connectivity index is 1.18. The van der Waals surface area contributed by atoms with Gasteiger partial charge in [-0.15, -0.1) is 0 Å². The molecule has 1 saturated carbocycles.